The summed E-state index contributed by atoms with van der Waals surface area (Å²) in [7, 11) is -2.40. The van der Waals surface area contributed by atoms with Gasteiger partial charge >= 0.3 is 0 Å². The molecule has 0 spiro atoms. The molecule has 0 fully saturated rings. The molecule has 4 aromatic carbocycles. The molecule has 0 unspecified atom stereocenters. The zero-order valence-corrected chi connectivity index (χ0v) is 24.1. The van der Waals surface area contributed by atoms with E-state index in [1.54, 1.807) is 49.6 Å². The highest BCUT2D eigenvalue weighted by atomic mass is 32.2. The van der Waals surface area contributed by atoms with Crippen LogP contribution in [0.1, 0.15) is 27.8 Å². The number of amides is 1. The summed E-state index contributed by atoms with van der Waals surface area (Å²) in [5.41, 5.74) is 6.90. The van der Waals surface area contributed by atoms with Gasteiger partial charge in [0.05, 0.1) is 24.8 Å². The molecule has 0 heterocycles. The second-order valence-electron chi connectivity index (χ2n) is 9.55. The van der Waals surface area contributed by atoms with Crippen LogP contribution in [0, 0.1) is 13.8 Å². The van der Waals surface area contributed by atoms with Crippen molar-refractivity contribution in [2.45, 2.75) is 31.9 Å². The smallest absolute Gasteiger partial charge is 0.255 e. The summed E-state index contributed by atoms with van der Waals surface area (Å²) in [5.74, 6) is 0.522. The van der Waals surface area contributed by atoms with Crippen LogP contribution in [0.2, 0.25) is 0 Å². The predicted octanol–water partition coefficient (Wildman–Crippen LogP) is 5.23. The van der Waals surface area contributed by atoms with Gasteiger partial charge in [-0.15, -0.1) is 0 Å². The van der Waals surface area contributed by atoms with Gasteiger partial charge in [-0.1, -0.05) is 77.9 Å². The van der Waals surface area contributed by atoms with E-state index < -0.39 is 22.5 Å². The Morgan fingerprint density at radius 3 is 2.17 bits per heavy atom. The molecule has 0 radical (unpaired) electrons. The van der Waals surface area contributed by atoms with Crippen molar-refractivity contribution >= 4 is 22.1 Å². The average Bonchev–Trinajstić information content (AvgIpc) is 2.98. The van der Waals surface area contributed by atoms with Gasteiger partial charge in [0.2, 0.25) is 10.0 Å². The quantitative estimate of drug-likeness (QED) is 0.186. The third-order valence-corrected chi connectivity index (χ3v) is 8.09. The Balaban J connectivity index is 1.43. The van der Waals surface area contributed by atoms with Gasteiger partial charge in [-0.2, -0.15) is 9.41 Å². The van der Waals surface area contributed by atoms with Crippen molar-refractivity contribution in [1.29, 1.82) is 0 Å². The predicted molar refractivity (Wildman–Crippen MR) is 159 cm³/mol. The van der Waals surface area contributed by atoms with E-state index >= 15 is 0 Å². The molecule has 4 rings (SSSR count). The fourth-order valence-electron chi connectivity index (χ4n) is 3.98. The number of nitrogens with zero attached hydrogens (tertiary/aromatic N) is 2. The number of sulfonamides is 1. The van der Waals surface area contributed by atoms with Gasteiger partial charge in [0, 0.05) is 6.54 Å². The highest BCUT2D eigenvalue weighted by Crippen LogP contribution is 2.28. The Morgan fingerprint density at radius 2 is 1.51 bits per heavy atom. The van der Waals surface area contributed by atoms with Crippen LogP contribution in [0.3, 0.4) is 0 Å². The molecule has 0 aliphatic carbocycles. The van der Waals surface area contributed by atoms with E-state index in [0.29, 0.717) is 23.7 Å². The number of carbonyl (C=O) groups is 1. The largest absolute Gasteiger partial charge is 0.493 e. The zero-order chi connectivity index (χ0) is 29.2. The van der Waals surface area contributed by atoms with E-state index in [1.165, 1.54) is 6.21 Å². The second-order valence-corrected chi connectivity index (χ2v) is 11.5. The van der Waals surface area contributed by atoms with Crippen molar-refractivity contribution in [3.05, 3.63) is 125 Å². The number of methoxy groups -OCH3 is 1. The Bertz CT molecular complexity index is 1590. The topological polar surface area (TPSA) is 97.3 Å². The monoisotopic (exact) mass is 571 g/mol. The SMILES string of the molecule is COc1cc(/C=N\NC(=O)CN(Cc2ccc(C)cc2)S(=O)(=O)c2ccc(C)cc2)ccc1OCc1ccccc1. The lowest BCUT2D eigenvalue weighted by molar-refractivity contribution is -0.121. The van der Waals surface area contributed by atoms with Gasteiger partial charge in [0.25, 0.3) is 5.91 Å². The molecule has 8 nitrogen and oxygen atoms in total. The third-order valence-electron chi connectivity index (χ3n) is 6.29. The molecule has 0 bridgehead atoms. The van der Waals surface area contributed by atoms with Crippen LogP contribution >= 0.6 is 0 Å². The molecule has 0 aliphatic rings. The van der Waals surface area contributed by atoms with Gasteiger partial charge in [0.15, 0.2) is 11.5 Å². The van der Waals surface area contributed by atoms with Gasteiger partial charge in [-0.05, 0) is 60.9 Å². The van der Waals surface area contributed by atoms with E-state index in [4.69, 9.17) is 9.47 Å². The van der Waals surface area contributed by atoms with E-state index in [0.717, 1.165) is 26.6 Å². The first-order chi connectivity index (χ1) is 19.7. The molecule has 1 N–H and O–H groups in total. The summed E-state index contributed by atoms with van der Waals surface area (Å²) >= 11 is 0. The Morgan fingerprint density at radius 1 is 0.854 bits per heavy atom. The number of rotatable bonds is 12. The highest BCUT2D eigenvalue weighted by Gasteiger charge is 2.27. The first-order valence-electron chi connectivity index (χ1n) is 13.0. The lowest BCUT2D eigenvalue weighted by Crippen LogP contribution is -2.39. The number of carbonyl (C=O) groups excluding carboxylic acids is 1. The molecule has 212 valence electrons. The van der Waals surface area contributed by atoms with Crippen LogP contribution in [-0.2, 0) is 28.0 Å². The van der Waals surface area contributed by atoms with Gasteiger partial charge < -0.3 is 9.47 Å². The van der Waals surface area contributed by atoms with Gasteiger partial charge in [-0.3, -0.25) is 4.79 Å². The van der Waals surface area contributed by atoms with Crippen molar-refractivity contribution in [3.63, 3.8) is 0 Å². The normalized spacial score (nSPS) is 11.5. The minimum absolute atomic E-state index is 0.0370. The molecule has 0 aromatic heterocycles. The molecular weight excluding hydrogens is 538 g/mol. The van der Waals surface area contributed by atoms with Crippen LogP contribution in [0.5, 0.6) is 11.5 Å². The maximum atomic E-state index is 13.5. The number of hydrogen-bond acceptors (Lipinski definition) is 6. The zero-order valence-electron chi connectivity index (χ0n) is 23.3. The summed E-state index contributed by atoms with van der Waals surface area (Å²) in [6.07, 6.45) is 1.46. The van der Waals surface area contributed by atoms with E-state index in [-0.39, 0.29) is 11.4 Å². The van der Waals surface area contributed by atoms with Gasteiger partial charge in [-0.25, -0.2) is 13.8 Å². The fourth-order valence-corrected chi connectivity index (χ4v) is 5.36. The standard InChI is InChI=1S/C32H33N3O5S/c1-24-9-13-26(14-10-24)21-35(41(37,38)29-16-11-25(2)12-17-29)22-32(36)34-33-20-28-15-18-30(31(19-28)39-3)40-23-27-7-5-4-6-8-27/h4-20H,21-23H2,1-3H3,(H,34,36)/b33-20-. The fraction of sp³-hybridized carbons (Fsp3) is 0.188. The van der Waals surface area contributed by atoms with Crippen LogP contribution in [-0.4, -0.2) is 38.5 Å². The van der Waals surface area contributed by atoms with Crippen LogP contribution in [0.15, 0.2) is 107 Å². The number of ether oxygens (including phenoxy) is 2. The summed E-state index contributed by atoms with van der Waals surface area (Å²) in [6, 6.07) is 29.1. The second kappa shape index (κ2) is 13.7. The lowest BCUT2D eigenvalue weighted by atomic mass is 10.1. The van der Waals surface area contributed by atoms with E-state index in [2.05, 4.69) is 10.5 Å². The number of hydrogen-bond donors (Lipinski definition) is 1. The van der Waals surface area contributed by atoms with Crippen LogP contribution in [0.4, 0.5) is 0 Å². The minimum atomic E-state index is -3.95. The Labute approximate surface area is 241 Å². The molecule has 4 aromatic rings. The van der Waals surface area contributed by atoms with Crippen LogP contribution in [0.25, 0.3) is 0 Å². The van der Waals surface area contributed by atoms with E-state index in [1.807, 2.05) is 68.4 Å². The maximum Gasteiger partial charge on any atom is 0.255 e. The third kappa shape index (κ3) is 8.26. The van der Waals surface area contributed by atoms with Crippen molar-refractivity contribution < 1.29 is 22.7 Å². The number of aryl methyl sites for hydroxylation is 2. The van der Waals surface area contributed by atoms with Gasteiger partial charge in [0.1, 0.15) is 6.61 Å². The molecule has 1 amide bonds. The summed E-state index contributed by atoms with van der Waals surface area (Å²) in [5, 5.41) is 4.04. The maximum absolute atomic E-state index is 13.5. The molecule has 0 saturated carbocycles. The summed E-state index contributed by atoms with van der Waals surface area (Å²) < 4.78 is 39.4. The van der Waals surface area contributed by atoms with E-state index in [9.17, 15) is 13.2 Å². The summed E-state index contributed by atoms with van der Waals surface area (Å²) in [4.78, 5) is 13.0. The van der Waals surface area contributed by atoms with Crippen LogP contribution < -0.4 is 14.9 Å². The molecule has 0 saturated heterocycles. The average molecular weight is 572 g/mol. The highest BCUT2D eigenvalue weighted by molar-refractivity contribution is 7.89. The molecule has 0 atom stereocenters. The van der Waals surface area contributed by atoms with Crippen molar-refractivity contribution in [2.75, 3.05) is 13.7 Å². The number of hydrazone groups is 1. The number of benzene rings is 4. The van der Waals surface area contributed by atoms with Crippen molar-refractivity contribution in [2.24, 2.45) is 5.10 Å². The lowest BCUT2D eigenvalue weighted by Gasteiger charge is -2.21. The number of nitrogens with one attached hydrogen (secondary N) is 1. The van der Waals surface area contributed by atoms with Crippen molar-refractivity contribution in [3.8, 4) is 11.5 Å². The molecule has 9 heteroatoms. The molecule has 41 heavy (non-hydrogen) atoms. The molecule has 0 aliphatic heterocycles. The Hall–Kier alpha value is -4.47. The summed E-state index contributed by atoms with van der Waals surface area (Å²) in [6.45, 7) is 3.86. The minimum Gasteiger partial charge on any atom is -0.493 e. The van der Waals surface area contributed by atoms with Crippen molar-refractivity contribution in [1.82, 2.24) is 9.73 Å². The Kier molecular flexibility index (Phi) is 9.89. The molecular formula is C32H33N3O5S. The first-order valence-corrected chi connectivity index (χ1v) is 14.5. The first kappa shape index (κ1) is 29.5.